The molecule has 0 fully saturated rings. The van der Waals surface area contributed by atoms with E-state index in [9.17, 15) is 0 Å². The maximum absolute atomic E-state index is 1.44. The van der Waals surface area contributed by atoms with Gasteiger partial charge in [0.1, 0.15) is 0 Å². The molecule has 0 aliphatic carbocycles. The van der Waals surface area contributed by atoms with E-state index in [0.717, 1.165) is 0 Å². The average molecular weight is 181 g/mol. The van der Waals surface area contributed by atoms with Crippen LogP contribution >= 0.6 is 0 Å². The minimum Gasteiger partial charge on any atom is -0.0125 e. The first-order valence-corrected chi connectivity index (χ1v) is 9.00. The molecule has 0 atom stereocenters. The third-order valence-electron chi connectivity index (χ3n) is 0. The van der Waals surface area contributed by atoms with E-state index in [2.05, 4.69) is 0 Å². The Morgan fingerprint density at radius 2 is 1.00 bits per heavy atom. The van der Waals surface area contributed by atoms with Gasteiger partial charge in [0, 0.05) is 32.7 Å². The van der Waals surface area contributed by atoms with Crippen LogP contribution in [-0.4, -0.2) is 36.9 Å². The zero-order valence-electron chi connectivity index (χ0n) is 2.58. The summed E-state index contributed by atoms with van der Waals surface area (Å²) in [4.78, 5) is 0. The predicted molar refractivity (Wildman–Crippen MR) is 29.8 cm³/mol. The fourth-order valence-corrected chi connectivity index (χ4v) is 0. The van der Waals surface area contributed by atoms with Crippen LogP contribution in [0.25, 0.3) is 0 Å². The Hall–Kier alpha value is 2.07. The van der Waals surface area contributed by atoms with Crippen LogP contribution < -0.4 is 0 Å². The van der Waals surface area contributed by atoms with Crippen LogP contribution in [0.4, 0.5) is 0 Å². The third-order valence-corrected chi connectivity index (χ3v) is 0. The van der Waals surface area contributed by atoms with Gasteiger partial charge in [0.2, 0.25) is 0 Å². The van der Waals surface area contributed by atoms with Crippen molar-refractivity contribution in [2.75, 3.05) is 0 Å². The first-order valence-electron chi connectivity index (χ1n) is 1.00. The van der Waals surface area contributed by atoms with Gasteiger partial charge in [-0.25, -0.2) is 0 Å². The molecule has 0 saturated heterocycles. The standard InChI is InChI=1S/Al.H6Si2.Y.3H/c;1-2;;;;/h;1-2H3;;;;. The maximum atomic E-state index is 1.44. The molecule has 0 heterocycles. The Bertz CT molecular complexity index is 6.00. The topological polar surface area (TPSA) is 0 Å². The quantitative estimate of drug-likeness (QED) is 0.339. The fourth-order valence-electron chi connectivity index (χ4n) is 0. The van der Waals surface area contributed by atoms with Crippen molar-refractivity contribution in [2.24, 2.45) is 0 Å². The van der Waals surface area contributed by atoms with Gasteiger partial charge in [-0.1, -0.05) is 0 Å². The van der Waals surface area contributed by atoms with Gasteiger partial charge in [-0.2, -0.15) is 0 Å². The van der Waals surface area contributed by atoms with Crippen molar-refractivity contribution in [3.63, 3.8) is 0 Å². The zero-order chi connectivity index (χ0) is 2.00. The fraction of sp³-hybridized carbons (Fsp3) is 0. The van der Waals surface area contributed by atoms with Crippen molar-refractivity contribution in [1.29, 1.82) is 0 Å². The van der Waals surface area contributed by atoms with E-state index in [1.54, 1.807) is 0 Å². The molecule has 0 nitrogen and oxygen atoms in total. The molecule has 0 aliphatic heterocycles. The largest absolute Gasteiger partial charge is 0.187 e. The smallest absolute Gasteiger partial charge is 0.0125 e. The summed E-state index contributed by atoms with van der Waals surface area (Å²) in [6, 6.07) is 0. The minimum atomic E-state index is 0. The Labute approximate surface area is 68.8 Å². The molecular weight excluding hydrogens is 172 g/mol. The van der Waals surface area contributed by atoms with Crippen molar-refractivity contribution in [2.45, 2.75) is 0 Å². The van der Waals surface area contributed by atoms with Gasteiger partial charge in [-0.05, 0) is 19.5 Å². The summed E-state index contributed by atoms with van der Waals surface area (Å²) < 4.78 is 0. The van der Waals surface area contributed by atoms with Crippen molar-refractivity contribution in [3.05, 3.63) is 0 Å². The molecule has 0 rings (SSSR count). The average Bonchev–Trinajstić information content (AvgIpc) is 1.00. The Morgan fingerprint density at radius 1 is 1.00 bits per heavy atom. The Balaban J connectivity index is -0.00000000500. The van der Waals surface area contributed by atoms with E-state index in [1.165, 1.54) is 19.5 Å². The Morgan fingerprint density at radius 3 is 1.00 bits per heavy atom. The van der Waals surface area contributed by atoms with Gasteiger partial charge in [0.25, 0.3) is 0 Å². The summed E-state index contributed by atoms with van der Waals surface area (Å²) in [7, 11) is 2.89. The molecule has 4 heteroatoms. The van der Waals surface area contributed by atoms with Crippen LogP contribution in [0.2, 0.25) is 0 Å². The van der Waals surface area contributed by atoms with Crippen LogP contribution in [-0.2, 0) is 32.7 Å². The number of hydrogen-bond acceptors (Lipinski definition) is 0. The van der Waals surface area contributed by atoms with Crippen LogP contribution in [0.1, 0.15) is 0 Å². The van der Waals surface area contributed by atoms with E-state index in [1.807, 2.05) is 0 Å². The molecule has 0 saturated carbocycles. The summed E-state index contributed by atoms with van der Waals surface area (Å²) in [5.74, 6) is 0. The SMILES string of the molecule is [AlH3].[SiH3][SiH3].[Y]. The number of hydrogen-bond donors (Lipinski definition) is 0. The second kappa shape index (κ2) is 19.6. The van der Waals surface area contributed by atoms with Crippen LogP contribution in [0.15, 0.2) is 0 Å². The molecule has 0 spiro atoms. The van der Waals surface area contributed by atoms with E-state index >= 15 is 0 Å². The molecule has 0 aliphatic rings. The molecular formula is H9AlSi2Y. The molecule has 4 heavy (non-hydrogen) atoms. The normalized spacial score (nSPS) is 3.00. The van der Waals surface area contributed by atoms with Crippen LogP contribution in [0.3, 0.4) is 0 Å². The minimum absolute atomic E-state index is 0. The van der Waals surface area contributed by atoms with Gasteiger partial charge < -0.3 is 0 Å². The zero-order valence-corrected chi connectivity index (χ0v) is 9.42. The van der Waals surface area contributed by atoms with Crippen molar-refractivity contribution < 1.29 is 32.7 Å². The van der Waals surface area contributed by atoms with E-state index < -0.39 is 0 Å². The molecule has 0 N–H and O–H groups in total. The maximum Gasteiger partial charge on any atom is 0.187 e. The number of rotatable bonds is 0. The molecule has 0 aromatic heterocycles. The molecule has 0 aromatic carbocycles. The van der Waals surface area contributed by atoms with Crippen LogP contribution in [0, 0.1) is 0 Å². The second-order valence-electron chi connectivity index (χ2n) is 0. The predicted octanol–water partition coefficient (Wildman–Crippen LogP) is -3.55. The van der Waals surface area contributed by atoms with Gasteiger partial charge in [0.05, 0.1) is 0 Å². The molecule has 23 valence electrons. The van der Waals surface area contributed by atoms with Gasteiger partial charge in [-0.3, -0.25) is 0 Å². The van der Waals surface area contributed by atoms with E-state index in [4.69, 9.17) is 0 Å². The first kappa shape index (κ1) is 16.6. The Kier molecular flexibility index (Phi) is 81.1. The van der Waals surface area contributed by atoms with E-state index in [-0.39, 0.29) is 50.1 Å². The molecule has 0 bridgehead atoms. The monoisotopic (exact) mass is 181 g/mol. The third kappa shape index (κ3) is 8.95. The summed E-state index contributed by atoms with van der Waals surface area (Å²) in [6.45, 7) is 0. The second-order valence-corrected chi connectivity index (χ2v) is 0. The molecule has 0 aromatic rings. The van der Waals surface area contributed by atoms with Gasteiger partial charge in [-0.15, -0.1) is 0 Å². The van der Waals surface area contributed by atoms with E-state index in [0.29, 0.717) is 0 Å². The van der Waals surface area contributed by atoms with Gasteiger partial charge >= 0.3 is 0 Å². The molecule has 0 amide bonds. The van der Waals surface area contributed by atoms with Gasteiger partial charge in [0.15, 0.2) is 17.4 Å². The van der Waals surface area contributed by atoms with Crippen molar-refractivity contribution >= 4 is 36.9 Å². The molecule has 1 radical (unpaired) electrons. The summed E-state index contributed by atoms with van der Waals surface area (Å²) >= 11 is 0. The summed E-state index contributed by atoms with van der Waals surface area (Å²) in [6.07, 6.45) is 0. The summed E-state index contributed by atoms with van der Waals surface area (Å²) in [5.41, 5.74) is 0. The van der Waals surface area contributed by atoms with Crippen molar-refractivity contribution in [1.82, 2.24) is 0 Å². The summed E-state index contributed by atoms with van der Waals surface area (Å²) in [5, 5.41) is 0. The first-order chi connectivity index (χ1) is 1.00. The van der Waals surface area contributed by atoms with Crippen molar-refractivity contribution in [3.8, 4) is 0 Å². The van der Waals surface area contributed by atoms with Crippen LogP contribution in [0.5, 0.6) is 0 Å². The molecule has 0 unspecified atom stereocenters.